The molecular formula is C16H26O3. The maximum Gasteiger partial charge on any atom is 0.118 e. The molecule has 0 aliphatic carbocycles. The van der Waals surface area contributed by atoms with Crippen LogP contribution in [-0.2, 0) is 4.74 Å². The topological polar surface area (TPSA) is 38.7 Å². The molecule has 0 heterocycles. The fourth-order valence-corrected chi connectivity index (χ4v) is 2.01. The molecule has 0 amide bonds. The van der Waals surface area contributed by atoms with Crippen LogP contribution < -0.4 is 4.74 Å². The number of unbranched alkanes of at least 4 members (excludes halogenated alkanes) is 1. The average molecular weight is 266 g/mol. The van der Waals surface area contributed by atoms with Crippen LogP contribution in [0.3, 0.4) is 0 Å². The lowest BCUT2D eigenvalue weighted by molar-refractivity contribution is -0.0441. The Bertz CT molecular complexity index is 334. The minimum absolute atomic E-state index is 0.120. The van der Waals surface area contributed by atoms with Crippen LogP contribution in [0.5, 0.6) is 5.75 Å². The highest BCUT2D eigenvalue weighted by atomic mass is 16.5. The number of hydrogen-bond donors (Lipinski definition) is 1. The molecule has 0 spiro atoms. The highest BCUT2D eigenvalue weighted by molar-refractivity contribution is 5.28. The van der Waals surface area contributed by atoms with Crippen molar-refractivity contribution in [3.63, 3.8) is 0 Å². The molecule has 0 aromatic heterocycles. The predicted molar refractivity (Wildman–Crippen MR) is 77.5 cm³/mol. The van der Waals surface area contributed by atoms with Crippen molar-refractivity contribution >= 4 is 0 Å². The second-order valence-corrected chi connectivity index (χ2v) is 4.77. The first kappa shape index (κ1) is 16.0. The van der Waals surface area contributed by atoms with E-state index in [9.17, 15) is 5.11 Å². The minimum atomic E-state index is -0.567. The Balaban J connectivity index is 2.64. The van der Waals surface area contributed by atoms with Crippen LogP contribution in [0.4, 0.5) is 0 Å². The van der Waals surface area contributed by atoms with E-state index in [2.05, 4.69) is 13.8 Å². The molecule has 3 heteroatoms. The smallest absolute Gasteiger partial charge is 0.118 e. The van der Waals surface area contributed by atoms with E-state index < -0.39 is 6.10 Å². The monoisotopic (exact) mass is 266 g/mol. The highest BCUT2D eigenvalue weighted by Crippen LogP contribution is 2.24. The number of methoxy groups -OCH3 is 1. The molecule has 0 radical (unpaired) electrons. The molecule has 3 nitrogen and oxygen atoms in total. The van der Waals surface area contributed by atoms with Crippen LogP contribution >= 0.6 is 0 Å². The van der Waals surface area contributed by atoms with Gasteiger partial charge in [0, 0.05) is 6.61 Å². The number of hydrogen-bond acceptors (Lipinski definition) is 3. The van der Waals surface area contributed by atoms with Crippen molar-refractivity contribution in [2.75, 3.05) is 13.7 Å². The number of aliphatic hydroxyl groups excluding tert-OH is 1. The van der Waals surface area contributed by atoms with Crippen molar-refractivity contribution in [1.29, 1.82) is 0 Å². The van der Waals surface area contributed by atoms with E-state index in [-0.39, 0.29) is 6.10 Å². The summed E-state index contributed by atoms with van der Waals surface area (Å²) in [5, 5.41) is 10.4. The maximum atomic E-state index is 10.4. The summed E-state index contributed by atoms with van der Waals surface area (Å²) < 4.78 is 10.9. The van der Waals surface area contributed by atoms with E-state index in [1.165, 1.54) is 0 Å². The number of benzene rings is 1. The summed E-state index contributed by atoms with van der Waals surface area (Å²) in [5.74, 6) is 0.801. The molecule has 0 fully saturated rings. The quantitative estimate of drug-likeness (QED) is 0.692. The Kier molecular flexibility index (Phi) is 7.53. The van der Waals surface area contributed by atoms with Crippen molar-refractivity contribution in [1.82, 2.24) is 0 Å². The van der Waals surface area contributed by atoms with Crippen molar-refractivity contribution < 1.29 is 14.6 Å². The molecule has 1 N–H and O–H groups in total. The van der Waals surface area contributed by atoms with E-state index in [0.29, 0.717) is 6.61 Å². The average Bonchev–Trinajstić information content (AvgIpc) is 2.46. The molecule has 1 aromatic carbocycles. The molecular weight excluding hydrogens is 240 g/mol. The molecule has 0 saturated carbocycles. The van der Waals surface area contributed by atoms with Gasteiger partial charge in [0.1, 0.15) is 11.9 Å². The van der Waals surface area contributed by atoms with Gasteiger partial charge in [0.2, 0.25) is 0 Å². The van der Waals surface area contributed by atoms with Gasteiger partial charge < -0.3 is 14.6 Å². The second kappa shape index (κ2) is 8.94. The van der Waals surface area contributed by atoms with Crippen LogP contribution in [0.1, 0.15) is 51.2 Å². The van der Waals surface area contributed by atoms with Crippen molar-refractivity contribution in [2.45, 2.75) is 51.7 Å². The lowest BCUT2D eigenvalue weighted by Crippen LogP contribution is -2.22. The SMILES string of the molecule is CCCCO[C@@H](CCC)[C@H](O)c1ccc(OC)cc1. The van der Waals surface area contributed by atoms with Crippen molar-refractivity contribution in [3.8, 4) is 5.75 Å². The Labute approximate surface area is 116 Å². The van der Waals surface area contributed by atoms with E-state index in [1.807, 2.05) is 24.3 Å². The van der Waals surface area contributed by atoms with Gasteiger partial charge in [0.25, 0.3) is 0 Å². The molecule has 0 unspecified atom stereocenters. The molecule has 19 heavy (non-hydrogen) atoms. The number of aliphatic hydroxyl groups is 1. The predicted octanol–water partition coefficient (Wildman–Crippen LogP) is 3.71. The van der Waals surface area contributed by atoms with Crippen LogP contribution in [0.25, 0.3) is 0 Å². The van der Waals surface area contributed by atoms with Gasteiger partial charge in [-0.2, -0.15) is 0 Å². The van der Waals surface area contributed by atoms with Gasteiger partial charge in [0.15, 0.2) is 0 Å². The van der Waals surface area contributed by atoms with Crippen molar-refractivity contribution in [2.24, 2.45) is 0 Å². The highest BCUT2D eigenvalue weighted by Gasteiger charge is 2.20. The zero-order valence-electron chi connectivity index (χ0n) is 12.3. The lowest BCUT2D eigenvalue weighted by atomic mass is 10.0. The Morgan fingerprint density at radius 2 is 1.79 bits per heavy atom. The minimum Gasteiger partial charge on any atom is -0.497 e. The van der Waals surface area contributed by atoms with Gasteiger partial charge in [-0.25, -0.2) is 0 Å². The van der Waals surface area contributed by atoms with Crippen LogP contribution in [-0.4, -0.2) is 24.9 Å². The van der Waals surface area contributed by atoms with E-state index in [1.54, 1.807) is 7.11 Å². The molecule has 0 aliphatic rings. The summed E-state index contributed by atoms with van der Waals surface area (Å²) in [6, 6.07) is 7.53. The van der Waals surface area contributed by atoms with Gasteiger partial charge in [-0.1, -0.05) is 38.8 Å². The van der Waals surface area contributed by atoms with Gasteiger partial charge in [-0.3, -0.25) is 0 Å². The van der Waals surface area contributed by atoms with E-state index in [4.69, 9.17) is 9.47 Å². The maximum absolute atomic E-state index is 10.4. The zero-order valence-corrected chi connectivity index (χ0v) is 12.3. The Morgan fingerprint density at radius 1 is 1.11 bits per heavy atom. The van der Waals surface area contributed by atoms with Crippen LogP contribution in [0.15, 0.2) is 24.3 Å². The Morgan fingerprint density at radius 3 is 2.32 bits per heavy atom. The largest absolute Gasteiger partial charge is 0.497 e. The summed E-state index contributed by atoms with van der Waals surface area (Å²) in [4.78, 5) is 0. The third-order valence-electron chi connectivity index (χ3n) is 3.21. The third kappa shape index (κ3) is 5.21. The third-order valence-corrected chi connectivity index (χ3v) is 3.21. The van der Waals surface area contributed by atoms with E-state index >= 15 is 0 Å². The number of ether oxygens (including phenoxy) is 2. The molecule has 1 rings (SSSR count). The van der Waals surface area contributed by atoms with E-state index in [0.717, 1.165) is 37.0 Å². The lowest BCUT2D eigenvalue weighted by Gasteiger charge is -2.23. The zero-order chi connectivity index (χ0) is 14.1. The fraction of sp³-hybridized carbons (Fsp3) is 0.625. The molecule has 0 bridgehead atoms. The molecule has 108 valence electrons. The second-order valence-electron chi connectivity index (χ2n) is 4.77. The van der Waals surface area contributed by atoms with Gasteiger partial charge in [0.05, 0.1) is 13.2 Å². The van der Waals surface area contributed by atoms with Gasteiger partial charge in [-0.15, -0.1) is 0 Å². The Hall–Kier alpha value is -1.06. The first-order valence-corrected chi connectivity index (χ1v) is 7.16. The molecule has 0 saturated heterocycles. The van der Waals surface area contributed by atoms with Gasteiger partial charge in [-0.05, 0) is 30.5 Å². The van der Waals surface area contributed by atoms with Crippen molar-refractivity contribution in [3.05, 3.63) is 29.8 Å². The van der Waals surface area contributed by atoms with Crippen LogP contribution in [0.2, 0.25) is 0 Å². The summed E-state index contributed by atoms with van der Waals surface area (Å²) >= 11 is 0. The summed E-state index contributed by atoms with van der Waals surface area (Å²) in [7, 11) is 1.64. The summed E-state index contributed by atoms with van der Waals surface area (Å²) in [5.41, 5.74) is 0.885. The molecule has 0 aliphatic heterocycles. The molecule has 1 aromatic rings. The standard InChI is InChI=1S/C16H26O3/c1-4-6-12-19-15(7-5-2)16(17)13-8-10-14(18-3)11-9-13/h8-11,15-17H,4-7,12H2,1-3H3/t15-,16+/m0/s1. The first-order chi connectivity index (χ1) is 9.22. The first-order valence-electron chi connectivity index (χ1n) is 7.16. The molecule has 2 atom stereocenters. The van der Waals surface area contributed by atoms with Gasteiger partial charge >= 0.3 is 0 Å². The number of rotatable bonds is 9. The fourth-order valence-electron chi connectivity index (χ4n) is 2.01. The summed E-state index contributed by atoms with van der Waals surface area (Å²) in [6.07, 6.45) is 3.33. The summed E-state index contributed by atoms with van der Waals surface area (Å²) in [6.45, 7) is 4.96. The normalized spacial score (nSPS) is 14.1. The van der Waals surface area contributed by atoms with Crippen LogP contribution in [0, 0.1) is 0 Å².